The molecule has 0 spiro atoms. The van der Waals surface area contributed by atoms with Crippen molar-refractivity contribution < 1.29 is 9.18 Å². The van der Waals surface area contributed by atoms with Gasteiger partial charge in [-0.15, -0.1) is 0 Å². The minimum Gasteiger partial charge on any atom is -0.365 e. The molecule has 2 atom stereocenters. The lowest BCUT2D eigenvalue weighted by Gasteiger charge is -2.30. The summed E-state index contributed by atoms with van der Waals surface area (Å²) in [5.41, 5.74) is 0.369. The van der Waals surface area contributed by atoms with Crippen LogP contribution in [0.2, 0.25) is 5.15 Å². The highest BCUT2D eigenvalue weighted by atomic mass is 35.5. The number of pyridine rings is 2. The van der Waals surface area contributed by atoms with Gasteiger partial charge in [-0.25, -0.2) is 9.37 Å². The number of nitrogens with zero attached hydrogens (tertiary/aromatic N) is 3. The molecule has 26 heavy (non-hydrogen) atoms. The third-order valence-corrected chi connectivity index (χ3v) is 4.59. The monoisotopic (exact) mass is 373 g/mol. The summed E-state index contributed by atoms with van der Waals surface area (Å²) >= 11 is 5.88. The van der Waals surface area contributed by atoms with Gasteiger partial charge in [-0.1, -0.05) is 17.7 Å². The number of hydrogen-bond acceptors (Lipinski definition) is 5. The Morgan fingerprint density at radius 3 is 2.88 bits per heavy atom. The zero-order chi connectivity index (χ0) is 18.5. The molecule has 2 N–H and O–H groups in total. The summed E-state index contributed by atoms with van der Waals surface area (Å²) in [7, 11) is 0. The summed E-state index contributed by atoms with van der Waals surface area (Å²) in [5, 5.41) is 14.8. The van der Waals surface area contributed by atoms with Gasteiger partial charge in [-0.05, 0) is 43.9 Å². The lowest BCUT2D eigenvalue weighted by molar-refractivity contribution is 0.0921. The van der Waals surface area contributed by atoms with Crippen LogP contribution in [0, 0.1) is 17.1 Å². The molecule has 2 unspecified atom stereocenters. The molecule has 0 aliphatic heterocycles. The van der Waals surface area contributed by atoms with Gasteiger partial charge in [0.25, 0.3) is 5.91 Å². The van der Waals surface area contributed by atoms with Gasteiger partial charge in [-0.2, -0.15) is 5.26 Å². The molecule has 1 saturated carbocycles. The normalized spacial score (nSPS) is 19.4. The maximum absolute atomic E-state index is 14.1. The third-order valence-electron chi connectivity index (χ3n) is 4.30. The first-order valence-electron chi connectivity index (χ1n) is 8.31. The molecule has 2 aromatic rings. The van der Waals surface area contributed by atoms with Crippen LogP contribution in [0.15, 0.2) is 30.5 Å². The van der Waals surface area contributed by atoms with E-state index in [2.05, 4.69) is 20.6 Å². The summed E-state index contributed by atoms with van der Waals surface area (Å²) in [4.78, 5) is 20.2. The molecule has 3 rings (SSSR count). The predicted octanol–water partition coefficient (Wildman–Crippen LogP) is 3.29. The standard InChI is InChI=1S/C18H17ClFN5O/c19-16-11(10-21)8-14(20)17(25-16)23-12-4-3-5-13(9-12)24-18(26)15-6-1-2-7-22-15/h1-2,6-8,12-13H,3-5,9H2,(H,23,25)(H,24,26). The minimum absolute atomic E-state index is 0.00105. The van der Waals surface area contributed by atoms with Gasteiger partial charge in [0.1, 0.15) is 16.9 Å². The Balaban J connectivity index is 1.63. The largest absolute Gasteiger partial charge is 0.365 e. The van der Waals surface area contributed by atoms with Crippen LogP contribution >= 0.6 is 11.6 Å². The Labute approximate surface area is 155 Å². The molecule has 1 amide bonds. The van der Waals surface area contributed by atoms with E-state index in [-0.39, 0.29) is 34.5 Å². The first kappa shape index (κ1) is 18.1. The van der Waals surface area contributed by atoms with Crippen molar-refractivity contribution in [2.75, 3.05) is 5.32 Å². The van der Waals surface area contributed by atoms with Crippen molar-refractivity contribution in [2.24, 2.45) is 0 Å². The fraction of sp³-hybridized carbons (Fsp3) is 0.333. The molecular weight excluding hydrogens is 357 g/mol. The average Bonchev–Trinajstić information content (AvgIpc) is 2.65. The van der Waals surface area contributed by atoms with Crippen LogP contribution in [-0.4, -0.2) is 28.0 Å². The molecule has 1 aliphatic carbocycles. The lowest BCUT2D eigenvalue weighted by Crippen LogP contribution is -2.42. The van der Waals surface area contributed by atoms with Crippen molar-refractivity contribution in [3.05, 3.63) is 52.7 Å². The zero-order valence-electron chi connectivity index (χ0n) is 13.9. The highest BCUT2D eigenvalue weighted by Crippen LogP contribution is 2.25. The molecule has 0 bridgehead atoms. The summed E-state index contributed by atoms with van der Waals surface area (Å²) < 4.78 is 14.1. The van der Waals surface area contributed by atoms with Crippen molar-refractivity contribution in [1.82, 2.24) is 15.3 Å². The Kier molecular flexibility index (Phi) is 5.64. The number of nitriles is 1. The molecular formula is C18H17ClFN5O. The Bertz CT molecular complexity index is 839. The third kappa shape index (κ3) is 4.27. The van der Waals surface area contributed by atoms with Crippen LogP contribution in [0.5, 0.6) is 0 Å². The molecule has 8 heteroatoms. The van der Waals surface area contributed by atoms with Crippen LogP contribution in [-0.2, 0) is 0 Å². The molecule has 2 aromatic heterocycles. The van der Waals surface area contributed by atoms with E-state index < -0.39 is 5.82 Å². The number of amides is 1. The Morgan fingerprint density at radius 1 is 1.35 bits per heavy atom. The van der Waals surface area contributed by atoms with Crippen molar-refractivity contribution >= 4 is 23.3 Å². The van der Waals surface area contributed by atoms with Crippen molar-refractivity contribution in [3.63, 3.8) is 0 Å². The van der Waals surface area contributed by atoms with Crippen molar-refractivity contribution in [2.45, 2.75) is 37.8 Å². The molecule has 2 heterocycles. The predicted molar refractivity (Wildman–Crippen MR) is 95.3 cm³/mol. The highest BCUT2D eigenvalue weighted by Gasteiger charge is 2.25. The lowest BCUT2D eigenvalue weighted by atomic mass is 9.91. The van der Waals surface area contributed by atoms with Crippen molar-refractivity contribution in [3.8, 4) is 6.07 Å². The fourth-order valence-electron chi connectivity index (χ4n) is 3.05. The summed E-state index contributed by atoms with van der Waals surface area (Å²) in [6.07, 6.45) is 4.77. The summed E-state index contributed by atoms with van der Waals surface area (Å²) in [6, 6.07) is 7.95. The number of hydrogen-bond donors (Lipinski definition) is 2. The van der Waals surface area contributed by atoms with E-state index in [9.17, 15) is 9.18 Å². The molecule has 1 aliphatic rings. The number of halogens is 2. The second-order valence-corrected chi connectivity index (χ2v) is 6.52. The van der Waals surface area contributed by atoms with Gasteiger partial charge < -0.3 is 10.6 Å². The van der Waals surface area contributed by atoms with Crippen LogP contribution < -0.4 is 10.6 Å². The van der Waals surface area contributed by atoms with E-state index in [1.807, 2.05) is 0 Å². The number of carbonyl (C=O) groups is 1. The summed E-state index contributed by atoms with van der Waals surface area (Å²) in [6.45, 7) is 0. The quantitative estimate of drug-likeness (QED) is 0.802. The van der Waals surface area contributed by atoms with Gasteiger partial charge in [0.15, 0.2) is 11.6 Å². The molecule has 1 fully saturated rings. The van der Waals surface area contributed by atoms with Gasteiger partial charge >= 0.3 is 0 Å². The van der Waals surface area contributed by atoms with E-state index in [0.717, 1.165) is 25.3 Å². The van der Waals surface area contributed by atoms with E-state index >= 15 is 0 Å². The second-order valence-electron chi connectivity index (χ2n) is 6.16. The SMILES string of the molecule is N#Cc1cc(F)c(NC2CCCC(NC(=O)c3ccccn3)C2)nc1Cl. The average molecular weight is 374 g/mol. The maximum Gasteiger partial charge on any atom is 0.270 e. The molecule has 134 valence electrons. The molecule has 6 nitrogen and oxygen atoms in total. The number of anilines is 1. The molecule has 0 radical (unpaired) electrons. The van der Waals surface area contributed by atoms with E-state index in [4.69, 9.17) is 16.9 Å². The van der Waals surface area contributed by atoms with E-state index in [1.54, 1.807) is 30.5 Å². The molecule has 0 saturated heterocycles. The van der Waals surface area contributed by atoms with Crippen LogP contribution in [0.25, 0.3) is 0 Å². The van der Waals surface area contributed by atoms with E-state index in [1.165, 1.54) is 0 Å². The van der Waals surface area contributed by atoms with Crippen LogP contribution in [0.3, 0.4) is 0 Å². The highest BCUT2D eigenvalue weighted by molar-refractivity contribution is 6.30. The summed E-state index contributed by atoms with van der Waals surface area (Å²) in [5.74, 6) is -0.816. The Hall–Kier alpha value is -2.72. The number of aromatic nitrogens is 2. The molecule has 0 aromatic carbocycles. The number of carbonyl (C=O) groups excluding carboxylic acids is 1. The first-order chi connectivity index (χ1) is 12.6. The number of nitrogens with one attached hydrogen (secondary N) is 2. The van der Waals surface area contributed by atoms with Gasteiger partial charge in [0.2, 0.25) is 0 Å². The van der Waals surface area contributed by atoms with Gasteiger partial charge in [0.05, 0.1) is 5.56 Å². The zero-order valence-corrected chi connectivity index (χ0v) is 14.6. The van der Waals surface area contributed by atoms with Crippen LogP contribution in [0.1, 0.15) is 41.7 Å². The minimum atomic E-state index is -0.620. The topological polar surface area (TPSA) is 90.7 Å². The maximum atomic E-state index is 14.1. The Morgan fingerprint density at radius 2 is 2.15 bits per heavy atom. The van der Waals surface area contributed by atoms with Crippen molar-refractivity contribution in [1.29, 1.82) is 5.26 Å². The van der Waals surface area contributed by atoms with Crippen LogP contribution in [0.4, 0.5) is 10.2 Å². The van der Waals surface area contributed by atoms with Gasteiger partial charge in [-0.3, -0.25) is 9.78 Å². The smallest absolute Gasteiger partial charge is 0.270 e. The fourth-order valence-corrected chi connectivity index (χ4v) is 3.23. The second kappa shape index (κ2) is 8.11. The first-order valence-corrected chi connectivity index (χ1v) is 8.69. The number of rotatable bonds is 4. The van der Waals surface area contributed by atoms with E-state index in [0.29, 0.717) is 12.1 Å². The van der Waals surface area contributed by atoms with Gasteiger partial charge in [0, 0.05) is 18.3 Å².